The number of imidazole rings is 1. The van der Waals surface area contributed by atoms with Gasteiger partial charge in [-0.2, -0.15) is 4.98 Å². The van der Waals surface area contributed by atoms with Crippen LogP contribution in [0.25, 0.3) is 11.4 Å². The summed E-state index contributed by atoms with van der Waals surface area (Å²) in [4.78, 5) is 14.8. The minimum absolute atomic E-state index is 0.0227. The third-order valence-corrected chi connectivity index (χ3v) is 5.30. The first-order chi connectivity index (χ1) is 14.3. The summed E-state index contributed by atoms with van der Waals surface area (Å²) >= 11 is 0. The number of fused-ring (bicyclic) bond motifs is 1. The molecule has 0 unspecified atom stereocenters. The lowest BCUT2D eigenvalue weighted by Gasteiger charge is -2.32. The Balaban J connectivity index is 1.44. The number of rotatable bonds is 5. The predicted molar refractivity (Wildman–Crippen MR) is 107 cm³/mol. The van der Waals surface area contributed by atoms with Crippen LogP contribution < -0.4 is 4.74 Å². The van der Waals surface area contributed by atoms with E-state index < -0.39 is 0 Å². The Morgan fingerprint density at radius 1 is 1.14 bits per heavy atom. The molecule has 5 rings (SSSR count). The molecule has 7 nitrogen and oxygen atoms in total. The van der Waals surface area contributed by atoms with Gasteiger partial charge in [0, 0.05) is 25.1 Å². The van der Waals surface area contributed by atoms with Crippen molar-refractivity contribution in [2.75, 3.05) is 7.11 Å². The minimum atomic E-state index is -0.0227. The van der Waals surface area contributed by atoms with Crippen LogP contribution in [0.4, 0.5) is 0 Å². The summed E-state index contributed by atoms with van der Waals surface area (Å²) < 4.78 is 10.9. The molecule has 0 fully saturated rings. The highest BCUT2D eigenvalue weighted by atomic mass is 16.5. The summed E-state index contributed by atoms with van der Waals surface area (Å²) in [5.41, 5.74) is 4.35. The molecular formula is C22H21N5O2. The van der Waals surface area contributed by atoms with E-state index in [1.807, 2.05) is 30.3 Å². The fourth-order valence-electron chi connectivity index (χ4n) is 3.74. The number of H-pyrrole nitrogens is 1. The van der Waals surface area contributed by atoms with Crippen molar-refractivity contribution in [3.8, 4) is 17.1 Å². The van der Waals surface area contributed by atoms with Crippen LogP contribution in [-0.4, -0.2) is 32.1 Å². The van der Waals surface area contributed by atoms with Crippen molar-refractivity contribution in [2.24, 2.45) is 0 Å². The van der Waals surface area contributed by atoms with Crippen molar-refractivity contribution in [3.05, 3.63) is 83.8 Å². The van der Waals surface area contributed by atoms with E-state index in [0.29, 0.717) is 11.7 Å². The Hall–Kier alpha value is -3.45. The number of methoxy groups -OCH3 is 1. The maximum absolute atomic E-state index is 5.70. The number of nitrogens with one attached hydrogen (secondary N) is 1. The van der Waals surface area contributed by atoms with Gasteiger partial charge < -0.3 is 14.2 Å². The van der Waals surface area contributed by atoms with E-state index in [1.54, 1.807) is 13.4 Å². The molecule has 0 spiro atoms. The van der Waals surface area contributed by atoms with E-state index in [2.05, 4.69) is 44.3 Å². The molecule has 0 radical (unpaired) electrons. The monoisotopic (exact) mass is 387 g/mol. The molecule has 1 aliphatic heterocycles. The van der Waals surface area contributed by atoms with Crippen LogP contribution in [-0.2, 0) is 19.5 Å². The zero-order valence-electron chi connectivity index (χ0n) is 16.1. The predicted octanol–water partition coefficient (Wildman–Crippen LogP) is 3.77. The highest BCUT2D eigenvalue weighted by Gasteiger charge is 2.33. The zero-order valence-corrected chi connectivity index (χ0v) is 16.1. The van der Waals surface area contributed by atoms with E-state index in [-0.39, 0.29) is 6.04 Å². The van der Waals surface area contributed by atoms with Crippen LogP contribution in [0.5, 0.6) is 5.75 Å². The molecule has 146 valence electrons. The van der Waals surface area contributed by atoms with Gasteiger partial charge >= 0.3 is 0 Å². The van der Waals surface area contributed by atoms with Crippen LogP contribution in [0.1, 0.15) is 28.9 Å². The first-order valence-electron chi connectivity index (χ1n) is 9.57. The second-order valence-electron chi connectivity index (χ2n) is 7.12. The number of aromatic nitrogens is 4. The number of nitrogens with zero attached hydrogens (tertiary/aromatic N) is 4. The molecule has 2 aromatic heterocycles. The lowest BCUT2D eigenvalue weighted by Crippen LogP contribution is -2.34. The second-order valence-corrected chi connectivity index (χ2v) is 7.12. The van der Waals surface area contributed by atoms with Crippen LogP contribution in [0.15, 0.2) is 65.4 Å². The Morgan fingerprint density at radius 3 is 2.76 bits per heavy atom. The minimum Gasteiger partial charge on any atom is -0.497 e. The molecule has 0 saturated carbocycles. The SMILES string of the molecule is COc1ccc(-c2noc([C@@H]3Cc4nc[nH]c4CN3Cc3ccccc3)n2)cc1. The molecule has 29 heavy (non-hydrogen) atoms. The van der Waals surface area contributed by atoms with Gasteiger partial charge in [-0.3, -0.25) is 4.90 Å². The molecule has 1 aliphatic rings. The van der Waals surface area contributed by atoms with Crippen molar-refractivity contribution in [2.45, 2.75) is 25.6 Å². The fourth-order valence-corrected chi connectivity index (χ4v) is 3.74. The highest BCUT2D eigenvalue weighted by molar-refractivity contribution is 5.55. The molecular weight excluding hydrogens is 366 g/mol. The van der Waals surface area contributed by atoms with Crippen molar-refractivity contribution in [3.63, 3.8) is 0 Å². The van der Waals surface area contributed by atoms with Crippen molar-refractivity contribution >= 4 is 0 Å². The number of benzene rings is 2. The van der Waals surface area contributed by atoms with Crippen LogP contribution in [0, 0.1) is 0 Å². The van der Waals surface area contributed by atoms with Crippen LogP contribution >= 0.6 is 0 Å². The molecule has 0 saturated heterocycles. The summed E-state index contributed by atoms with van der Waals surface area (Å²) in [5, 5.41) is 4.22. The van der Waals surface area contributed by atoms with E-state index >= 15 is 0 Å². The lowest BCUT2D eigenvalue weighted by atomic mass is 10.0. The van der Waals surface area contributed by atoms with Gasteiger partial charge in [0.1, 0.15) is 5.75 Å². The van der Waals surface area contributed by atoms with E-state index in [9.17, 15) is 0 Å². The summed E-state index contributed by atoms with van der Waals surface area (Å²) in [7, 11) is 1.65. The largest absolute Gasteiger partial charge is 0.497 e. The van der Waals surface area contributed by atoms with Crippen molar-refractivity contribution in [1.29, 1.82) is 0 Å². The molecule has 2 aromatic carbocycles. The molecule has 1 N–H and O–H groups in total. The molecule has 0 aliphatic carbocycles. The third-order valence-electron chi connectivity index (χ3n) is 5.30. The van der Waals surface area contributed by atoms with Gasteiger partial charge in [-0.25, -0.2) is 4.98 Å². The topological polar surface area (TPSA) is 80.1 Å². The molecule has 4 aromatic rings. The summed E-state index contributed by atoms with van der Waals surface area (Å²) in [6.07, 6.45) is 2.49. The standard InChI is InChI=1S/C22H21N5O2/c1-28-17-9-7-16(8-10-17)21-25-22(29-26-21)20-11-18-19(24-14-23-18)13-27(20)12-15-5-3-2-4-6-15/h2-10,14,20H,11-13H2,1H3,(H,23,24)/t20-/m0/s1. The maximum atomic E-state index is 5.70. The Bertz CT molecular complexity index is 1090. The second kappa shape index (κ2) is 7.52. The Morgan fingerprint density at radius 2 is 1.97 bits per heavy atom. The first-order valence-corrected chi connectivity index (χ1v) is 9.57. The van der Waals surface area contributed by atoms with Gasteiger partial charge in [0.25, 0.3) is 0 Å². The van der Waals surface area contributed by atoms with Crippen LogP contribution in [0.2, 0.25) is 0 Å². The summed E-state index contributed by atoms with van der Waals surface area (Å²) in [6, 6.07) is 18.0. The third kappa shape index (κ3) is 3.52. The fraction of sp³-hybridized carbons (Fsp3) is 0.227. The van der Waals surface area contributed by atoms with Gasteiger partial charge in [-0.05, 0) is 29.8 Å². The molecule has 1 atom stereocenters. The molecule has 0 bridgehead atoms. The lowest BCUT2D eigenvalue weighted by molar-refractivity contribution is 0.128. The van der Waals surface area contributed by atoms with Gasteiger partial charge in [-0.1, -0.05) is 35.5 Å². The number of hydrogen-bond acceptors (Lipinski definition) is 6. The summed E-state index contributed by atoms with van der Waals surface area (Å²) in [6.45, 7) is 1.55. The Labute approximate surface area is 168 Å². The normalized spacial score (nSPS) is 16.5. The van der Waals surface area contributed by atoms with E-state index in [4.69, 9.17) is 14.2 Å². The average Bonchev–Trinajstić information content (AvgIpc) is 3.43. The average molecular weight is 387 g/mol. The van der Waals surface area contributed by atoms with Gasteiger partial charge in [0.05, 0.1) is 30.9 Å². The van der Waals surface area contributed by atoms with Crippen molar-refractivity contribution in [1.82, 2.24) is 25.0 Å². The van der Waals surface area contributed by atoms with Crippen molar-refractivity contribution < 1.29 is 9.26 Å². The molecule has 3 heterocycles. The summed E-state index contributed by atoms with van der Waals surface area (Å²) in [5.74, 6) is 1.99. The number of ether oxygens (including phenoxy) is 1. The number of hydrogen-bond donors (Lipinski definition) is 1. The van der Waals surface area contributed by atoms with Gasteiger partial charge in [-0.15, -0.1) is 0 Å². The first kappa shape index (κ1) is 17.6. The van der Waals surface area contributed by atoms with E-state index in [0.717, 1.165) is 42.2 Å². The quantitative estimate of drug-likeness (QED) is 0.562. The van der Waals surface area contributed by atoms with Gasteiger partial charge in [0.15, 0.2) is 0 Å². The Kier molecular flexibility index (Phi) is 4.57. The van der Waals surface area contributed by atoms with E-state index in [1.165, 1.54) is 5.56 Å². The maximum Gasteiger partial charge on any atom is 0.244 e. The highest BCUT2D eigenvalue weighted by Crippen LogP contribution is 2.33. The smallest absolute Gasteiger partial charge is 0.244 e. The van der Waals surface area contributed by atoms with Crippen LogP contribution in [0.3, 0.4) is 0 Å². The molecule has 7 heteroatoms. The zero-order chi connectivity index (χ0) is 19.6. The molecule has 0 amide bonds. The number of aromatic amines is 1. The van der Waals surface area contributed by atoms with Gasteiger partial charge in [0.2, 0.25) is 11.7 Å².